The number of aromatic nitrogens is 1. The first-order valence-corrected chi connectivity index (χ1v) is 6.90. The monoisotopic (exact) mass is 298 g/mol. The average Bonchev–Trinajstić information content (AvgIpc) is 2.49. The van der Waals surface area contributed by atoms with E-state index in [9.17, 15) is 9.18 Å². The molecule has 0 aliphatic carbocycles. The van der Waals surface area contributed by atoms with Crippen LogP contribution in [0.1, 0.15) is 0 Å². The molecule has 22 heavy (non-hydrogen) atoms. The molecule has 0 amide bonds. The van der Waals surface area contributed by atoms with Crippen LogP contribution in [-0.4, -0.2) is 11.2 Å². The second kappa shape index (κ2) is 5.89. The molecule has 2 aromatic carbocycles. The Balaban J connectivity index is 1.75. The molecule has 0 fully saturated rings. The van der Waals surface area contributed by atoms with E-state index in [-0.39, 0.29) is 11.4 Å². The third-order valence-electron chi connectivity index (χ3n) is 3.40. The molecule has 5 heteroatoms. The minimum atomic E-state index is -0.352. The zero-order valence-electron chi connectivity index (χ0n) is 11.8. The van der Waals surface area contributed by atoms with Crippen molar-refractivity contribution in [3.05, 3.63) is 70.9 Å². The molecule has 2 N–H and O–H groups in total. The molecule has 0 aliphatic heterocycles. The fourth-order valence-corrected chi connectivity index (χ4v) is 2.30. The fourth-order valence-electron chi connectivity index (χ4n) is 2.30. The summed E-state index contributed by atoms with van der Waals surface area (Å²) in [6.45, 7) is 0.747. The van der Waals surface area contributed by atoms with Crippen molar-refractivity contribution in [1.29, 1.82) is 0 Å². The summed E-state index contributed by atoms with van der Waals surface area (Å²) >= 11 is 0. The van der Waals surface area contributed by atoms with Crippen molar-refractivity contribution in [2.45, 2.75) is 6.54 Å². The van der Waals surface area contributed by atoms with E-state index in [0.717, 1.165) is 0 Å². The minimum Gasteiger partial charge on any atom is -0.492 e. The third-order valence-corrected chi connectivity index (χ3v) is 3.40. The standard InChI is InChI=1S/C17H15FN2O2/c18-13-4-5-16-12(10-13)6-7-20(17(16)21)8-9-22-15-3-1-2-14(19)11-15/h1-7,10-11H,8-9,19H2. The number of hydrogen-bond acceptors (Lipinski definition) is 3. The molecule has 0 spiro atoms. The maximum atomic E-state index is 13.2. The Kier molecular flexibility index (Phi) is 3.78. The van der Waals surface area contributed by atoms with E-state index in [4.69, 9.17) is 10.5 Å². The van der Waals surface area contributed by atoms with Gasteiger partial charge in [-0.25, -0.2) is 4.39 Å². The Morgan fingerprint density at radius 3 is 2.82 bits per heavy atom. The number of ether oxygens (including phenoxy) is 1. The molecule has 0 unspecified atom stereocenters. The highest BCUT2D eigenvalue weighted by Crippen LogP contribution is 2.14. The van der Waals surface area contributed by atoms with Crippen molar-refractivity contribution in [3.63, 3.8) is 0 Å². The number of nitrogens with two attached hydrogens (primary N) is 1. The molecule has 0 aliphatic rings. The molecule has 0 atom stereocenters. The van der Waals surface area contributed by atoms with Gasteiger partial charge in [0.2, 0.25) is 0 Å². The van der Waals surface area contributed by atoms with Gasteiger partial charge in [-0.3, -0.25) is 4.79 Å². The van der Waals surface area contributed by atoms with Crippen LogP contribution in [0.15, 0.2) is 59.5 Å². The van der Waals surface area contributed by atoms with Gasteiger partial charge in [0.05, 0.1) is 6.54 Å². The van der Waals surface area contributed by atoms with Crippen molar-refractivity contribution < 1.29 is 9.13 Å². The van der Waals surface area contributed by atoms with Crippen LogP contribution in [0.25, 0.3) is 10.8 Å². The lowest BCUT2D eigenvalue weighted by molar-refractivity contribution is 0.297. The normalized spacial score (nSPS) is 10.8. The molecular weight excluding hydrogens is 283 g/mol. The Bertz CT molecular complexity index is 874. The zero-order chi connectivity index (χ0) is 15.5. The van der Waals surface area contributed by atoms with Gasteiger partial charge >= 0.3 is 0 Å². The number of pyridine rings is 1. The van der Waals surface area contributed by atoms with Gasteiger partial charge in [0, 0.05) is 23.3 Å². The predicted molar refractivity (Wildman–Crippen MR) is 84.5 cm³/mol. The van der Waals surface area contributed by atoms with Gasteiger partial charge in [-0.15, -0.1) is 0 Å². The summed E-state index contributed by atoms with van der Waals surface area (Å²) < 4.78 is 20.3. The summed E-state index contributed by atoms with van der Waals surface area (Å²) in [5.74, 6) is 0.311. The lowest BCUT2D eigenvalue weighted by atomic mass is 10.2. The Morgan fingerprint density at radius 1 is 1.14 bits per heavy atom. The highest BCUT2D eigenvalue weighted by Gasteiger charge is 2.04. The van der Waals surface area contributed by atoms with Gasteiger partial charge in [-0.2, -0.15) is 0 Å². The summed E-state index contributed by atoms with van der Waals surface area (Å²) in [6, 6.07) is 13.0. The van der Waals surface area contributed by atoms with Gasteiger partial charge in [0.25, 0.3) is 5.56 Å². The summed E-state index contributed by atoms with van der Waals surface area (Å²) in [5, 5.41) is 1.09. The van der Waals surface area contributed by atoms with Crippen molar-refractivity contribution in [2.24, 2.45) is 0 Å². The van der Waals surface area contributed by atoms with Crippen molar-refractivity contribution in [2.75, 3.05) is 12.3 Å². The van der Waals surface area contributed by atoms with Gasteiger partial charge < -0.3 is 15.0 Å². The predicted octanol–water partition coefficient (Wildman–Crippen LogP) is 2.80. The Labute approximate surface area is 126 Å². The number of nitrogen functional groups attached to an aromatic ring is 1. The quantitative estimate of drug-likeness (QED) is 0.754. The SMILES string of the molecule is Nc1cccc(OCCn2ccc3cc(F)ccc3c2=O)c1. The molecule has 0 bridgehead atoms. The molecule has 0 saturated carbocycles. The Hall–Kier alpha value is -2.82. The van der Waals surface area contributed by atoms with Crippen LogP contribution in [0.2, 0.25) is 0 Å². The van der Waals surface area contributed by atoms with Crippen molar-refractivity contribution >= 4 is 16.5 Å². The summed E-state index contributed by atoms with van der Waals surface area (Å²) in [6.07, 6.45) is 1.65. The molecule has 1 heterocycles. The average molecular weight is 298 g/mol. The van der Waals surface area contributed by atoms with E-state index < -0.39 is 0 Å². The van der Waals surface area contributed by atoms with Crippen LogP contribution in [0.4, 0.5) is 10.1 Å². The number of rotatable bonds is 4. The molecule has 0 saturated heterocycles. The van der Waals surface area contributed by atoms with Crippen LogP contribution < -0.4 is 16.0 Å². The van der Waals surface area contributed by atoms with E-state index in [0.29, 0.717) is 35.4 Å². The van der Waals surface area contributed by atoms with Gasteiger partial charge in [0.1, 0.15) is 18.2 Å². The number of anilines is 1. The van der Waals surface area contributed by atoms with Gasteiger partial charge in [-0.05, 0) is 41.8 Å². The summed E-state index contributed by atoms with van der Waals surface area (Å²) in [7, 11) is 0. The van der Waals surface area contributed by atoms with Crippen molar-refractivity contribution in [1.82, 2.24) is 4.57 Å². The number of benzene rings is 2. The van der Waals surface area contributed by atoms with Crippen LogP contribution in [0.5, 0.6) is 5.75 Å². The second-order valence-corrected chi connectivity index (χ2v) is 4.97. The van der Waals surface area contributed by atoms with E-state index >= 15 is 0 Å². The summed E-state index contributed by atoms with van der Waals surface area (Å²) in [4.78, 5) is 12.3. The topological polar surface area (TPSA) is 57.2 Å². The molecule has 1 aromatic heterocycles. The number of fused-ring (bicyclic) bond motifs is 1. The largest absolute Gasteiger partial charge is 0.492 e. The number of halogens is 1. The first-order chi connectivity index (χ1) is 10.6. The smallest absolute Gasteiger partial charge is 0.258 e. The van der Waals surface area contributed by atoms with E-state index in [1.54, 1.807) is 35.0 Å². The third kappa shape index (κ3) is 2.93. The fraction of sp³-hybridized carbons (Fsp3) is 0.118. The zero-order valence-corrected chi connectivity index (χ0v) is 11.8. The molecule has 3 rings (SSSR count). The van der Waals surface area contributed by atoms with Crippen LogP contribution in [0.3, 0.4) is 0 Å². The maximum Gasteiger partial charge on any atom is 0.258 e. The molecule has 3 aromatic rings. The van der Waals surface area contributed by atoms with E-state index in [1.165, 1.54) is 18.2 Å². The lowest BCUT2D eigenvalue weighted by Gasteiger charge is -2.09. The first kappa shape index (κ1) is 14.1. The molecule has 4 nitrogen and oxygen atoms in total. The first-order valence-electron chi connectivity index (χ1n) is 6.90. The minimum absolute atomic E-state index is 0.159. The van der Waals surface area contributed by atoms with Gasteiger partial charge in [-0.1, -0.05) is 6.07 Å². The maximum absolute atomic E-state index is 13.2. The highest BCUT2D eigenvalue weighted by atomic mass is 19.1. The lowest BCUT2D eigenvalue weighted by Crippen LogP contribution is -2.22. The van der Waals surface area contributed by atoms with Crippen LogP contribution in [0, 0.1) is 5.82 Å². The van der Waals surface area contributed by atoms with E-state index in [2.05, 4.69) is 0 Å². The van der Waals surface area contributed by atoms with Crippen LogP contribution in [-0.2, 0) is 6.54 Å². The summed E-state index contributed by atoms with van der Waals surface area (Å²) in [5.41, 5.74) is 6.14. The second-order valence-electron chi connectivity index (χ2n) is 4.97. The number of nitrogens with zero attached hydrogens (tertiary/aromatic N) is 1. The van der Waals surface area contributed by atoms with Crippen molar-refractivity contribution in [3.8, 4) is 5.75 Å². The van der Waals surface area contributed by atoms with Gasteiger partial charge in [0.15, 0.2) is 0 Å². The molecule has 0 radical (unpaired) electrons. The highest BCUT2D eigenvalue weighted by molar-refractivity contribution is 5.81. The van der Waals surface area contributed by atoms with Crippen LogP contribution >= 0.6 is 0 Å². The van der Waals surface area contributed by atoms with E-state index in [1.807, 2.05) is 6.07 Å². The Morgan fingerprint density at radius 2 is 2.00 bits per heavy atom. The molecular formula is C17H15FN2O2. The molecule has 112 valence electrons. The number of hydrogen-bond donors (Lipinski definition) is 1.